The lowest BCUT2D eigenvalue weighted by Crippen LogP contribution is -2.49. The van der Waals surface area contributed by atoms with Crippen molar-refractivity contribution in [2.75, 3.05) is 11.5 Å². The average molecular weight is 451 g/mol. The van der Waals surface area contributed by atoms with Crippen LogP contribution in [0.25, 0.3) is 0 Å². The minimum atomic E-state index is -3.49. The number of nitrogens with two attached hydrogens (primary N) is 1. The lowest BCUT2D eigenvalue weighted by molar-refractivity contribution is -0.123. The summed E-state index contributed by atoms with van der Waals surface area (Å²) >= 11 is 0. The highest BCUT2D eigenvalue weighted by Crippen LogP contribution is 2.45. The zero-order chi connectivity index (χ0) is 22.4. The third kappa shape index (κ3) is 6.65. The van der Waals surface area contributed by atoms with E-state index in [4.69, 9.17) is 5.73 Å². The number of anilines is 1. The molecule has 0 spiro atoms. The largest absolute Gasteiger partial charge is 0.384 e. The molecule has 1 amide bonds. The smallest absolute Gasteiger partial charge is 0.238 e. The predicted molar refractivity (Wildman–Crippen MR) is 124 cm³/mol. The minimum absolute atomic E-state index is 0.0362. The van der Waals surface area contributed by atoms with Gasteiger partial charge in [-0.25, -0.2) is 18.1 Å². The summed E-state index contributed by atoms with van der Waals surface area (Å²) in [5.74, 6) is 1.99. The Morgan fingerprint density at radius 3 is 2.68 bits per heavy atom. The summed E-state index contributed by atoms with van der Waals surface area (Å²) in [5, 5.41) is 2.94. The lowest BCUT2D eigenvalue weighted by Gasteiger charge is -2.42. The second-order valence-corrected chi connectivity index (χ2v) is 11.2. The SMILES string of the molecule is CCCS(=O)(=O)NC(CC1CCCC2CCCCC21)C(=O)NCc1ccc(N)nc1C. The van der Waals surface area contributed by atoms with E-state index in [-0.39, 0.29) is 11.7 Å². The average Bonchev–Trinajstić information content (AvgIpc) is 2.72. The molecule has 1 heterocycles. The van der Waals surface area contributed by atoms with Crippen molar-refractivity contribution in [2.24, 2.45) is 17.8 Å². The fourth-order valence-electron chi connectivity index (χ4n) is 5.52. The molecule has 0 radical (unpaired) electrons. The van der Waals surface area contributed by atoms with Crippen LogP contribution in [0.3, 0.4) is 0 Å². The van der Waals surface area contributed by atoms with Gasteiger partial charge in [-0.15, -0.1) is 0 Å². The first kappa shape index (κ1) is 24.0. The fraction of sp³-hybridized carbons (Fsp3) is 0.739. The first-order chi connectivity index (χ1) is 14.8. The van der Waals surface area contributed by atoms with Gasteiger partial charge in [-0.3, -0.25) is 4.79 Å². The van der Waals surface area contributed by atoms with Crippen LogP contribution in [0.5, 0.6) is 0 Å². The Labute approximate surface area is 187 Å². The summed E-state index contributed by atoms with van der Waals surface area (Å²) in [5.41, 5.74) is 7.35. The van der Waals surface area contributed by atoms with Crippen molar-refractivity contribution >= 4 is 21.7 Å². The minimum Gasteiger partial charge on any atom is -0.384 e. The maximum Gasteiger partial charge on any atom is 0.238 e. The summed E-state index contributed by atoms with van der Waals surface area (Å²) in [6.45, 7) is 3.99. The molecule has 1 aromatic rings. The molecule has 2 saturated carbocycles. The molecule has 4 unspecified atom stereocenters. The standard InChI is InChI=1S/C23H38N4O3S/c1-3-13-31(29,30)27-21(14-18-9-6-8-17-7-4-5-10-20(17)18)23(28)25-15-19-11-12-22(24)26-16(19)2/h11-12,17-18,20-21,27H,3-10,13-15H2,1-2H3,(H2,24,26)(H,25,28). The molecular weight excluding hydrogens is 412 g/mol. The van der Waals surface area contributed by atoms with Gasteiger partial charge in [0.1, 0.15) is 11.9 Å². The van der Waals surface area contributed by atoms with Gasteiger partial charge in [0.25, 0.3) is 0 Å². The highest BCUT2D eigenvalue weighted by atomic mass is 32.2. The van der Waals surface area contributed by atoms with E-state index in [1.807, 2.05) is 19.9 Å². The number of nitrogens with zero attached hydrogens (tertiary/aromatic N) is 1. The molecule has 3 rings (SSSR count). The van der Waals surface area contributed by atoms with Gasteiger partial charge in [0, 0.05) is 12.2 Å². The molecular formula is C23H38N4O3S. The van der Waals surface area contributed by atoms with Gasteiger partial charge < -0.3 is 11.1 Å². The summed E-state index contributed by atoms with van der Waals surface area (Å²) in [6.07, 6.45) is 9.69. The molecule has 4 N–H and O–H groups in total. The zero-order valence-electron chi connectivity index (χ0n) is 18.9. The van der Waals surface area contributed by atoms with Crippen LogP contribution in [0.1, 0.15) is 76.0 Å². The van der Waals surface area contributed by atoms with Crippen molar-refractivity contribution in [3.63, 3.8) is 0 Å². The first-order valence-electron chi connectivity index (χ1n) is 11.8. The molecule has 7 nitrogen and oxygen atoms in total. The van der Waals surface area contributed by atoms with Gasteiger partial charge in [0.05, 0.1) is 5.75 Å². The van der Waals surface area contributed by atoms with E-state index in [1.165, 1.54) is 38.5 Å². The van der Waals surface area contributed by atoms with E-state index in [0.29, 0.717) is 37.0 Å². The van der Waals surface area contributed by atoms with Crippen LogP contribution in [0, 0.1) is 24.7 Å². The quantitative estimate of drug-likeness (QED) is 0.534. The van der Waals surface area contributed by atoms with Crippen molar-refractivity contribution in [3.05, 3.63) is 23.4 Å². The molecule has 2 aliphatic carbocycles. The third-order valence-corrected chi connectivity index (χ3v) is 8.63. The molecule has 1 aromatic heterocycles. The van der Waals surface area contributed by atoms with Gasteiger partial charge in [-0.2, -0.15) is 0 Å². The second-order valence-electron chi connectivity index (χ2n) is 9.32. The number of nitrogen functional groups attached to an aromatic ring is 1. The van der Waals surface area contributed by atoms with Crippen LogP contribution in [-0.4, -0.2) is 31.1 Å². The van der Waals surface area contributed by atoms with Crippen LogP contribution in [0.4, 0.5) is 5.82 Å². The fourth-order valence-corrected chi connectivity index (χ4v) is 6.81. The van der Waals surface area contributed by atoms with Gasteiger partial charge in [0.15, 0.2) is 0 Å². The number of fused-ring (bicyclic) bond motifs is 1. The highest BCUT2D eigenvalue weighted by Gasteiger charge is 2.37. The Morgan fingerprint density at radius 1 is 1.19 bits per heavy atom. The van der Waals surface area contributed by atoms with E-state index < -0.39 is 16.1 Å². The van der Waals surface area contributed by atoms with Crippen LogP contribution in [0.15, 0.2) is 12.1 Å². The van der Waals surface area contributed by atoms with Crippen LogP contribution in [-0.2, 0) is 21.4 Å². The Balaban J connectivity index is 1.71. The third-order valence-electron chi connectivity index (χ3n) is 7.04. The Bertz CT molecular complexity index is 856. The van der Waals surface area contributed by atoms with E-state index in [9.17, 15) is 13.2 Å². The number of aromatic nitrogens is 1. The predicted octanol–water partition coefficient (Wildman–Crippen LogP) is 3.28. The van der Waals surface area contributed by atoms with Gasteiger partial charge in [-0.1, -0.05) is 51.5 Å². The maximum absolute atomic E-state index is 13.1. The Morgan fingerprint density at radius 2 is 1.94 bits per heavy atom. The Kier molecular flexibility index (Phi) is 8.33. The number of carbonyl (C=O) groups is 1. The van der Waals surface area contributed by atoms with Crippen LogP contribution in [0.2, 0.25) is 0 Å². The normalized spacial score (nSPS) is 24.9. The number of hydrogen-bond acceptors (Lipinski definition) is 5. The molecule has 8 heteroatoms. The molecule has 0 aromatic carbocycles. The molecule has 4 atom stereocenters. The highest BCUT2D eigenvalue weighted by molar-refractivity contribution is 7.89. The number of aryl methyl sites for hydroxylation is 1. The molecule has 0 aliphatic heterocycles. The topological polar surface area (TPSA) is 114 Å². The number of nitrogens with one attached hydrogen (secondary N) is 2. The van der Waals surface area contributed by atoms with Crippen molar-refractivity contribution in [3.8, 4) is 0 Å². The molecule has 174 valence electrons. The Hall–Kier alpha value is -1.67. The summed E-state index contributed by atoms with van der Waals surface area (Å²) in [4.78, 5) is 17.4. The molecule has 31 heavy (non-hydrogen) atoms. The number of carbonyl (C=O) groups excluding carboxylic acids is 1. The van der Waals surface area contributed by atoms with Crippen LogP contribution < -0.4 is 15.8 Å². The summed E-state index contributed by atoms with van der Waals surface area (Å²) in [6, 6.07) is 2.83. The van der Waals surface area contributed by atoms with Crippen LogP contribution >= 0.6 is 0 Å². The van der Waals surface area contributed by atoms with E-state index in [1.54, 1.807) is 6.07 Å². The van der Waals surface area contributed by atoms with E-state index in [0.717, 1.165) is 23.6 Å². The van der Waals surface area contributed by atoms with Crippen molar-refractivity contribution < 1.29 is 13.2 Å². The number of rotatable bonds is 9. The molecule has 2 fully saturated rings. The molecule has 2 aliphatic rings. The van der Waals surface area contributed by atoms with Gasteiger partial charge in [0.2, 0.25) is 15.9 Å². The number of amides is 1. The van der Waals surface area contributed by atoms with E-state index in [2.05, 4.69) is 15.0 Å². The maximum atomic E-state index is 13.1. The molecule has 0 bridgehead atoms. The second kappa shape index (κ2) is 10.8. The van der Waals surface area contributed by atoms with E-state index >= 15 is 0 Å². The first-order valence-corrected chi connectivity index (χ1v) is 13.4. The van der Waals surface area contributed by atoms with Crippen molar-refractivity contribution in [2.45, 2.75) is 84.2 Å². The number of pyridine rings is 1. The summed E-state index contributed by atoms with van der Waals surface area (Å²) in [7, 11) is -3.49. The van der Waals surface area contributed by atoms with Gasteiger partial charge >= 0.3 is 0 Å². The molecule has 0 saturated heterocycles. The monoisotopic (exact) mass is 450 g/mol. The summed E-state index contributed by atoms with van der Waals surface area (Å²) < 4.78 is 27.8. The lowest BCUT2D eigenvalue weighted by atomic mass is 9.64. The van der Waals surface area contributed by atoms with Crippen molar-refractivity contribution in [1.82, 2.24) is 15.0 Å². The number of hydrogen-bond donors (Lipinski definition) is 3. The number of sulfonamides is 1. The van der Waals surface area contributed by atoms with Gasteiger partial charge in [-0.05, 0) is 55.6 Å². The zero-order valence-corrected chi connectivity index (χ0v) is 19.7. The van der Waals surface area contributed by atoms with Crippen molar-refractivity contribution in [1.29, 1.82) is 0 Å².